The van der Waals surface area contributed by atoms with Crippen molar-refractivity contribution in [2.45, 2.75) is 104 Å². The number of carbonyl (C=O) groups excluding carboxylic acids is 1. The van der Waals surface area contributed by atoms with Crippen LogP contribution in [0.5, 0.6) is 0 Å². The lowest BCUT2D eigenvalue weighted by molar-refractivity contribution is -0.158. The van der Waals surface area contributed by atoms with Gasteiger partial charge in [-0.1, -0.05) is 41.5 Å². The van der Waals surface area contributed by atoms with E-state index in [1.807, 2.05) is 0 Å². The lowest BCUT2D eigenvalue weighted by Gasteiger charge is -2.62. The molecule has 3 heteroatoms. The molecule has 4 aliphatic rings. The Balaban J connectivity index is 1.51. The van der Waals surface area contributed by atoms with Gasteiger partial charge in [-0.15, -0.1) is 0 Å². The van der Waals surface area contributed by atoms with Crippen molar-refractivity contribution in [3.05, 3.63) is 0 Å². The van der Waals surface area contributed by atoms with E-state index in [4.69, 9.17) is 0 Å². The molecule has 0 aromatic rings. The number of rotatable bonds is 3. The summed E-state index contributed by atoms with van der Waals surface area (Å²) in [6.45, 7) is 14.9. The third kappa shape index (κ3) is 3.60. The normalized spacial score (nSPS) is 46.1. The third-order valence-corrected chi connectivity index (χ3v) is 11.7. The van der Waals surface area contributed by atoms with Crippen LogP contribution in [0, 0.1) is 40.4 Å². The highest BCUT2D eigenvalue weighted by atomic mass is 32.2. The van der Waals surface area contributed by atoms with Gasteiger partial charge in [-0.05, 0) is 91.1 Å². The number of piperidine rings is 1. The molecule has 4 fully saturated rings. The van der Waals surface area contributed by atoms with Crippen molar-refractivity contribution in [2.24, 2.45) is 40.4 Å². The summed E-state index contributed by atoms with van der Waals surface area (Å²) in [6, 6.07) is 0.494. The smallest absolute Gasteiger partial charge is 0.222 e. The van der Waals surface area contributed by atoms with Crippen molar-refractivity contribution in [2.75, 3.05) is 12.8 Å². The van der Waals surface area contributed by atoms with E-state index in [1.54, 1.807) is 0 Å². The zero-order valence-corrected chi connectivity index (χ0v) is 20.9. The number of nitrogens with zero attached hydrogens (tertiary/aromatic N) is 1. The summed E-state index contributed by atoms with van der Waals surface area (Å²) in [7, 11) is 2.08. The topological polar surface area (TPSA) is 20.3 Å². The van der Waals surface area contributed by atoms with Crippen LogP contribution in [0.2, 0.25) is 0 Å². The van der Waals surface area contributed by atoms with Gasteiger partial charge in [0.25, 0.3) is 0 Å². The second-order valence-corrected chi connectivity index (χ2v) is 14.5. The molecule has 166 valence electrons. The van der Waals surface area contributed by atoms with Crippen molar-refractivity contribution >= 4 is 17.7 Å². The van der Waals surface area contributed by atoms with E-state index in [1.165, 1.54) is 44.3 Å². The molecule has 3 aliphatic carbocycles. The van der Waals surface area contributed by atoms with Crippen molar-refractivity contribution < 1.29 is 4.79 Å². The van der Waals surface area contributed by atoms with E-state index in [-0.39, 0.29) is 0 Å². The Morgan fingerprint density at radius 2 is 1.72 bits per heavy atom. The van der Waals surface area contributed by atoms with E-state index in [2.05, 4.69) is 65.3 Å². The molecule has 0 bridgehead atoms. The minimum Gasteiger partial charge on any atom is -0.342 e. The first-order valence-electron chi connectivity index (χ1n) is 12.4. The van der Waals surface area contributed by atoms with Crippen molar-refractivity contribution in [3.8, 4) is 0 Å². The molecule has 3 saturated carbocycles. The summed E-state index contributed by atoms with van der Waals surface area (Å²) in [5.74, 6) is 6.11. The van der Waals surface area contributed by atoms with Gasteiger partial charge in [-0.25, -0.2) is 0 Å². The lowest BCUT2D eigenvalue weighted by Crippen LogP contribution is -2.61. The number of fused-ring (bicyclic) bond motifs is 5. The quantitative estimate of drug-likeness (QED) is 0.511. The maximum Gasteiger partial charge on any atom is 0.222 e. The molecule has 2 unspecified atom stereocenters. The summed E-state index contributed by atoms with van der Waals surface area (Å²) < 4.78 is 0.377. The summed E-state index contributed by atoms with van der Waals surface area (Å²) in [6.07, 6.45) is 10.3. The van der Waals surface area contributed by atoms with E-state index in [9.17, 15) is 4.79 Å². The Hall–Kier alpha value is -0.180. The second-order valence-electron chi connectivity index (χ2n) is 12.6. The lowest BCUT2D eigenvalue weighted by atomic mass is 9.46. The monoisotopic (exact) mass is 419 g/mol. The molecule has 1 saturated heterocycles. The first kappa shape index (κ1) is 22.0. The van der Waals surface area contributed by atoms with Crippen LogP contribution in [0.15, 0.2) is 0 Å². The minimum absolute atomic E-state index is 0.360. The molecule has 0 radical (unpaired) electrons. The molecule has 0 aromatic heterocycles. The zero-order chi connectivity index (χ0) is 21.2. The third-order valence-electron chi connectivity index (χ3n) is 10.1. The zero-order valence-electron chi connectivity index (χ0n) is 20.1. The predicted octanol–water partition coefficient (Wildman–Crippen LogP) is 6.63. The molecule has 29 heavy (non-hydrogen) atoms. The number of hydrogen-bond acceptors (Lipinski definition) is 2. The van der Waals surface area contributed by atoms with Gasteiger partial charge in [-0.2, -0.15) is 11.8 Å². The molecule has 0 N–H and O–H groups in total. The van der Waals surface area contributed by atoms with Crippen LogP contribution in [0.25, 0.3) is 0 Å². The fourth-order valence-electron chi connectivity index (χ4n) is 8.62. The molecular weight excluding hydrogens is 374 g/mol. The van der Waals surface area contributed by atoms with E-state index in [0.717, 1.165) is 42.4 Å². The highest BCUT2D eigenvalue weighted by Gasteiger charge is 2.61. The Kier molecular flexibility index (Phi) is 5.66. The maximum absolute atomic E-state index is 12.4. The summed E-state index contributed by atoms with van der Waals surface area (Å²) >= 11 is 2.17. The number of thioether (sulfide) groups is 1. The van der Waals surface area contributed by atoms with Gasteiger partial charge in [0.2, 0.25) is 5.91 Å². The Bertz CT molecular complexity index is 641. The highest BCUT2D eigenvalue weighted by molar-refractivity contribution is 8.00. The van der Waals surface area contributed by atoms with Gasteiger partial charge in [-0.3, -0.25) is 4.79 Å². The van der Waals surface area contributed by atoms with Crippen molar-refractivity contribution in [3.63, 3.8) is 0 Å². The Morgan fingerprint density at radius 1 is 1.03 bits per heavy atom. The fraction of sp³-hybridized carbons (Fsp3) is 0.962. The van der Waals surface area contributed by atoms with Crippen LogP contribution in [0.4, 0.5) is 0 Å². The number of hydrogen-bond donors (Lipinski definition) is 0. The summed E-state index contributed by atoms with van der Waals surface area (Å²) in [4.78, 5) is 14.5. The van der Waals surface area contributed by atoms with Crippen LogP contribution in [0.1, 0.15) is 92.9 Å². The first-order valence-corrected chi connectivity index (χ1v) is 13.4. The predicted molar refractivity (Wildman–Crippen MR) is 125 cm³/mol. The molecule has 1 aliphatic heterocycles. The Labute approximate surface area is 184 Å². The Morgan fingerprint density at radius 3 is 2.41 bits per heavy atom. The van der Waals surface area contributed by atoms with E-state index < -0.39 is 0 Å². The molecule has 1 amide bonds. The SMILES string of the molecule is CC(CSC(C)(C)C)[C@H]1CC[C@H]2[C@@H]3CCC4N(C)C(=O)CC[C@]4(C)[C@H]3CC[C@]12C. The average Bonchev–Trinajstić information content (AvgIpc) is 3.00. The van der Waals surface area contributed by atoms with Crippen molar-refractivity contribution in [1.29, 1.82) is 0 Å². The maximum atomic E-state index is 12.4. The van der Waals surface area contributed by atoms with E-state index in [0.29, 0.717) is 27.5 Å². The van der Waals surface area contributed by atoms with Crippen LogP contribution in [0.3, 0.4) is 0 Å². The standard InChI is InChI=1S/C26H45NOS/c1-17(16-29-24(2,3)4)19-9-10-20-18-8-11-22-26(6,15-13-23(28)27(22)7)21(18)12-14-25(19,20)5/h17-22H,8-16H2,1-7H3/t17?,18-,19+,20-,21-,22?,25+,26+/m0/s1. The highest BCUT2D eigenvalue weighted by Crippen LogP contribution is 2.67. The van der Waals surface area contributed by atoms with Crippen LogP contribution in [-0.2, 0) is 4.79 Å². The molecule has 0 aromatic carbocycles. The number of likely N-dealkylation sites (tertiary alicyclic amines) is 1. The van der Waals surface area contributed by atoms with Gasteiger partial charge >= 0.3 is 0 Å². The number of amides is 1. The van der Waals surface area contributed by atoms with Crippen molar-refractivity contribution in [1.82, 2.24) is 4.90 Å². The fourth-order valence-corrected chi connectivity index (χ4v) is 9.62. The molecule has 4 rings (SSSR count). The van der Waals surface area contributed by atoms with Gasteiger partial charge in [0.15, 0.2) is 0 Å². The van der Waals surface area contributed by atoms with Gasteiger partial charge in [0.1, 0.15) is 0 Å². The second kappa shape index (κ2) is 7.45. The molecule has 1 heterocycles. The van der Waals surface area contributed by atoms with E-state index >= 15 is 0 Å². The van der Waals surface area contributed by atoms with Crippen LogP contribution < -0.4 is 0 Å². The average molecular weight is 420 g/mol. The summed E-state index contributed by atoms with van der Waals surface area (Å²) in [5, 5.41) is 0. The molecule has 2 nitrogen and oxygen atoms in total. The molecule has 8 atom stereocenters. The minimum atomic E-state index is 0.360. The van der Waals surface area contributed by atoms with Crippen LogP contribution >= 0.6 is 11.8 Å². The van der Waals surface area contributed by atoms with Gasteiger partial charge in [0.05, 0.1) is 0 Å². The summed E-state index contributed by atoms with van der Waals surface area (Å²) in [5.41, 5.74) is 0.914. The number of carbonyl (C=O) groups is 1. The van der Waals surface area contributed by atoms with Crippen LogP contribution in [-0.4, -0.2) is 34.4 Å². The largest absolute Gasteiger partial charge is 0.342 e. The molecular formula is C26H45NOS. The van der Waals surface area contributed by atoms with Gasteiger partial charge < -0.3 is 4.90 Å². The first-order chi connectivity index (χ1) is 13.5. The van der Waals surface area contributed by atoms with Gasteiger partial charge in [0, 0.05) is 24.3 Å². The molecule has 0 spiro atoms.